The van der Waals surface area contributed by atoms with Gasteiger partial charge in [-0.15, -0.1) is 11.8 Å². The predicted molar refractivity (Wildman–Crippen MR) is 52.0 cm³/mol. The standard InChI is InChI=1S/C10H12F2S/c1-2-3-6-13-10-5-4-8(11)7-9(10)12/h4-5,7H,2-3,6H2,1H3. The van der Waals surface area contributed by atoms with Gasteiger partial charge in [0, 0.05) is 11.0 Å². The number of unbranched alkanes of at least 4 members (excludes halogenated alkanes) is 1. The lowest BCUT2D eigenvalue weighted by molar-refractivity contribution is 0.565. The molecule has 0 aliphatic carbocycles. The molecule has 0 atom stereocenters. The van der Waals surface area contributed by atoms with Crippen molar-refractivity contribution in [2.75, 3.05) is 5.75 Å². The monoisotopic (exact) mass is 202 g/mol. The highest BCUT2D eigenvalue weighted by Gasteiger charge is 2.02. The minimum Gasteiger partial charge on any atom is -0.207 e. The van der Waals surface area contributed by atoms with Crippen LogP contribution in [0.3, 0.4) is 0 Å². The first-order chi connectivity index (χ1) is 6.24. The molecule has 0 spiro atoms. The van der Waals surface area contributed by atoms with E-state index in [2.05, 4.69) is 6.92 Å². The SMILES string of the molecule is CCCCSc1ccc(F)cc1F. The Kier molecular flexibility index (Phi) is 4.22. The van der Waals surface area contributed by atoms with E-state index in [0.29, 0.717) is 4.90 Å². The summed E-state index contributed by atoms with van der Waals surface area (Å²) in [4.78, 5) is 0.537. The van der Waals surface area contributed by atoms with E-state index < -0.39 is 11.6 Å². The molecule has 0 saturated heterocycles. The maximum atomic E-state index is 13.0. The Bertz CT molecular complexity index is 274. The fourth-order valence-corrected chi connectivity index (χ4v) is 1.93. The van der Waals surface area contributed by atoms with Crippen LogP contribution in [0.1, 0.15) is 19.8 Å². The van der Waals surface area contributed by atoms with E-state index in [4.69, 9.17) is 0 Å². The van der Waals surface area contributed by atoms with Crippen molar-refractivity contribution in [1.29, 1.82) is 0 Å². The van der Waals surface area contributed by atoms with Gasteiger partial charge in [-0.3, -0.25) is 0 Å². The van der Waals surface area contributed by atoms with Crippen molar-refractivity contribution in [3.63, 3.8) is 0 Å². The Morgan fingerprint density at radius 1 is 1.31 bits per heavy atom. The van der Waals surface area contributed by atoms with Gasteiger partial charge in [0.2, 0.25) is 0 Å². The maximum absolute atomic E-state index is 13.0. The molecule has 1 aromatic rings. The van der Waals surface area contributed by atoms with Gasteiger partial charge in [0.25, 0.3) is 0 Å². The zero-order valence-corrected chi connectivity index (χ0v) is 8.33. The molecule has 0 N–H and O–H groups in total. The third-order valence-corrected chi connectivity index (χ3v) is 2.78. The molecule has 0 bridgehead atoms. The summed E-state index contributed by atoms with van der Waals surface area (Å²) in [5.74, 6) is -0.0857. The van der Waals surface area contributed by atoms with Crippen LogP contribution in [-0.4, -0.2) is 5.75 Å². The molecule has 1 rings (SSSR count). The van der Waals surface area contributed by atoms with Crippen LogP contribution in [0, 0.1) is 11.6 Å². The van der Waals surface area contributed by atoms with Crippen molar-refractivity contribution in [3.05, 3.63) is 29.8 Å². The molecule has 0 heterocycles. The number of hydrogen-bond donors (Lipinski definition) is 0. The normalized spacial score (nSPS) is 10.4. The third kappa shape index (κ3) is 3.35. The minimum atomic E-state index is -0.516. The summed E-state index contributed by atoms with van der Waals surface area (Å²) >= 11 is 1.44. The van der Waals surface area contributed by atoms with Gasteiger partial charge in [-0.25, -0.2) is 8.78 Å². The zero-order valence-electron chi connectivity index (χ0n) is 7.52. The second-order valence-electron chi connectivity index (χ2n) is 2.78. The largest absolute Gasteiger partial charge is 0.207 e. The summed E-state index contributed by atoms with van der Waals surface area (Å²) in [6.07, 6.45) is 2.15. The van der Waals surface area contributed by atoms with E-state index in [-0.39, 0.29) is 0 Å². The zero-order chi connectivity index (χ0) is 9.68. The van der Waals surface area contributed by atoms with Crippen LogP contribution in [0.2, 0.25) is 0 Å². The van der Waals surface area contributed by atoms with Crippen LogP contribution in [0.5, 0.6) is 0 Å². The van der Waals surface area contributed by atoms with Crippen LogP contribution in [-0.2, 0) is 0 Å². The van der Waals surface area contributed by atoms with E-state index in [1.807, 2.05) is 0 Å². The fourth-order valence-electron chi connectivity index (χ4n) is 0.919. The lowest BCUT2D eigenvalue weighted by atomic mass is 10.3. The third-order valence-electron chi connectivity index (χ3n) is 1.65. The van der Waals surface area contributed by atoms with Gasteiger partial charge < -0.3 is 0 Å². The van der Waals surface area contributed by atoms with E-state index >= 15 is 0 Å². The van der Waals surface area contributed by atoms with Gasteiger partial charge in [0.15, 0.2) is 0 Å². The lowest BCUT2D eigenvalue weighted by Crippen LogP contribution is -1.85. The fraction of sp³-hybridized carbons (Fsp3) is 0.400. The number of thioether (sulfide) groups is 1. The Balaban J connectivity index is 2.56. The van der Waals surface area contributed by atoms with Crippen LogP contribution >= 0.6 is 11.8 Å². The van der Waals surface area contributed by atoms with Crippen LogP contribution in [0.15, 0.2) is 23.1 Å². The highest BCUT2D eigenvalue weighted by atomic mass is 32.2. The van der Waals surface area contributed by atoms with Crippen molar-refractivity contribution < 1.29 is 8.78 Å². The molecule has 13 heavy (non-hydrogen) atoms. The van der Waals surface area contributed by atoms with Gasteiger partial charge in [0.05, 0.1) is 0 Å². The van der Waals surface area contributed by atoms with Crippen LogP contribution in [0.25, 0.3) is 0 Å². The molecule has 0 fully saturated rings. The summed E-state index contributed by atoms with van der Waals surface area (Å²) in [5, 5.41) is 0. The van der Waals surface area contributed by atoms with E-state index in [9.17, 15) is 8.78 Å². The highest BCUT2D eigenvalue weighted by molar-refractivity contribution is 7.99. The molecule has 0 amide bonds. The van der Waals surface area contributed by atoms with Gasteiger partial charge in [-0.2, -0.15) is 0 Å². The summed E-state index contributed by atoms with van der Waals surface area (Å²) < 4.78 is 25.5. The van der Waals surface area contributed by atoms with Crippen molar-refractivity contribution in [3.8, 4) is 0 Å². The molecule has 3 heteroatoms. The molecule has 1 aromatic carbocycles. The first-order valence-corrected chi connectivity index (χ1v) is 5.30. The number of hydrogen-bond acceptors (Lipinski definition) is 1. The Labute approximate surface area is 81.3 Å². The number of rotatable bonds is 4. The van der Waals surface area contributed by atoms with E-state index in [1.165, 1.54) is 23.9 Å². The van der Waals surface area contributed by atoms with Crippen molar-refractivity contribution >= 4 is 11.8 Å². The molecule has 0 radical (unpaired) electrons. The number of halogens is 2. The summed E-state index contributed by atoms with van der Waals surface area (Å²) in [6.45, 7) is 2.08. The highest BCUT2D eigenvalue weighted by Crippen LogP contribution is 2.23. The van der Waals surface area contributed by atoms with Crippen LogP contribution < -0.4 is 0 Å². The molecular formula is C10H12F2S. The maximum Gasteiger partial charge on any atom is 0.139 e. The summed E-state index contributed by atoms with van der Waals surface area (Å²) in [5.41, 5.74) is 0. The summed E-state index contributed by atoms with van der Waals surface area (Å²) in [6, 6.07) is 3.70. The Morgan fingerprint density at radius 3 is 2.69 bits per heavy atom. The van der Waals surface area contributed by atoms with Gasteiger partial charge in [-0.05, 0) is 24.3 Å². The first-order valence-electron chi connectivity index (χ1n) is 4.32. The average Bonchev–Trinajstić information content (AvgIpc) is 2.09. The van der Waals surface area contributed by atoms with E-state index in [1.54, 1.807) is 0 Å². The van der Waals surface area contributed by atoms with Gasteiger partial charge in [-0.1, -0.05) is 13.3 Å². The van der Waals surface area contributed by atoms with Crippen molar-refractivity contribution in [2.24, 2.45) is 0 Å². The second kappa shape index (κ2) is 5.22. The predicted octanol–water partition coefficient (Wildman–Crippen LogP) is 3.86. The molecular weight excluding hydrogens is 190 g/mol. The van der Waals surface area contributed by atoms with Crippen molar-refractivity contribution in [1.82, 2.24) is 0 Å². The topological polar surface area (TPSA) is 0 Å². The molecule has 0 nitrogen and oxygen atoms in total. The molecule has 0 aliphatic rings. The van der Waals surface area contributed by atoms with Crippen LogP contribution in [0.4, 0.5) is 8.78 Å². The molecule has 0 saturated carbocycles. The van der Waals surface area contributed by atoms with E-state index in [0.717, 1.165) is 24.7 Å². The summed E-state index contributed by atoms with van der Waals surface area (Å²) in [7, 11) is 0. The lowest BCUT2D eigenvalue weighted by Gasteiger charge is -2.01. The number of benzene rings is 1. The van der Waals surface area contributed by atoms with Crippen molar-refractivity contribution in [2.45, 2.75) is 24.7 Å². The smallest absolute Gasteiger partial charge is 0.139 e. The first kappa shape index (κ1) is 10.5. The molecule has 72 valence electrons. The molecule has 0 aliphatic heterocycles. The quantitative estimate of drug-likeness (QED) is 0.527. The van der Waals surface area contributed by atoms with Gasteiger partial charge in [0.1, 0.15) is 11.6 Å². The average molecular weight is 202 g/mol. The Morgan fingerprint density at radius 2 is 2.08 bits per heavy atom. The van der Waals surface area contributed by atoms with Gasteiger partial charge >= 0.3 is 0 Å². The second-order valence-corrected chi connectivity index (χ2v) is 3.91. The molecule has 0 aromatic heterocycles. The minimum absolute atomic E-state index is 0.457. The molecule has 0 unspecified atom stereocenters. The Hall–Kier alpha value is -0.570.